The molecule has 6 heteroatoms. The summed E-state index contributed by atoms with van der Waals surface area (Å²) >= 11 is 9.42. The number of carbonyl (C=O) groups excluding carboxylic acids is 1. The Balaban J connectivity index is 2.56. The molecular formula is C10H8BrClN2O2. The van der Waals surface area contributed by atoms with E-state index in [2.05, 4.69) is 21.0 Å². The molecule has 0 aliphatic carbocycles. The van der Waals surface area contributed by atoms with Gasteiger partial charge >= 0.3 is 5.97 Å². The highest BCUT2D eigenvalue weighted by molar-refractivity contribution is 9.10. The molecule has 0 atom stereocenters. The molecule has 16 heavy (non-hydrogen) atoms. The first kappa shape index (κ1) is 11.4. The average Bonchev–Trinajstić information content (AvgIpc) is 2.62. The predicted molar refractivity (Wildman–Crippen MR) is 63.9 cm³/mol. The minimum absolute atomic E-state index is 0.279. The van der Waals surface area contributed by atoms with E-state index in [1.54, 1.807) is 17.5 Å². The summed E-state index contributed by atoms with van der Waals surface area (Å²) in [6.07, 6.45) is 1.40. The second-order valence-corrected chi connectivity index (χ2v) is 4.24. The minimum atomic E-state index is -0.458. The number of carbonyl (C=O) groups is 1. The Morgan fingerprint density at radius 1 is 1.62 bits per heavy atom. The van der Waals surface area contributed by atoms with E-state index in [1.807, 2.05) is 6.07 Å². The number of esters is 1. The number of hydrogen-bond donors (Lipinski definition) is 0. The van der Waals surface area contributed by atoms with Gasteiger partial charge in [-0.1, -0.05) is 11.6 Å². The zero-order valence-electron chi connectivity index (χ0n) is 8.41. The average molecular weight is 304 g/mol. The van der Waals surface area contributed by atoms with Crippen molar-refractivity contribution in [3.05, 3.63) is 33.5 Å². The standard InChI is InChI=1S/C10H8BrClN2O2/c1-2-16-10(15)6-5-13-14-7(9(6)12)3-4-8(14)11/h3-5H,2H2,1H3. The lowest BCUT2D eigenvalue weighted by molar-refractivity contribution is 0.0526. The van der Waals surface area contributed by atoms with Crippen molar-refractivity contribution in [3.8, 4) is 0 Å². The Bertz CT molecular complexity index is 553. The van der Waals surface area contributed by atoms with Crippen LogP contribution in [0.4, 0.5) is 0 Å². The van der Waals surface area contributed by atoms with Crippen LogP contribution in [0.1, 0.15) is 17.3 Å². The van der Waals surface area contributed by atoms with Crippen molar-refractivity contribution in [1.82, 2.24) is 9.61 Å². The lowest BCUT2D eigenvalue weighted by Gasteiger charge is -2.05. The smallest absolute Gasteiger partial charge is 0.341 e. The maximum absolute atomic E-state index is 11.5. The van der Waals surface area contributed by atoms with Crippen molar-refractivity contribution in [3.63, 3.8) is 0 Å². The molecule has 2 aromatic rings. The molecule has 0 saturated carbocycles. The van der Waals surface area contributed by atoms with Crippen molar-refractivity contribution in [2.24, 2.45) is 0 Å². The summed E-state index contributed by atoms with van der Waals surface area (Å²) in [6.45, 7) is 2.05. The first-order valence-electron chi connectivity index (χ1n) is 4.64. The lowest BCUT2D eigenvalue weighted by atomic mass is 10.3. The van der Waals surface area contributed by atoms with E-state index in [0.717, 1.165) is 4.60 Å². The van der Waals surface area contributed by atoms with Gasteiger partial charge in [-0.15, -0.1) is 0 Å². The van der Waals surface area contributed by atoms with Crippen LogP contribution in [0.3, 0.4) is 0 Å². The third-order valence-electron chi connectivity index (χ3n) is 2.07. The molecule has 2 heterocycles. The summed E-state index contributed by atoms with van der Waals surface area (Å²) in [5.74, 6) is -0.458. The third kappa shape index (κ3) is 1.81. The number of nitrogens with zero attached hydrogens (tertiary/aromatic N) is 2. The van der Waals surface area contributed by atoms with E-state index in [-0.39, 0.29) is 5.56 Å². The molecule has 0 radical (unpaired) electrons. The van der Waals surface area contributed by atoms with Gasteiger partial charge in [0.25, 0.3) is 0 Å². The van der Waals surface area contributed by atoms with E-state index in [1.165, 1.54) is 6.20 Å². The molecule has 0 fully saturated rings. The van der Waals surface area contributed by atoms with Crippen LogP contribution < -0.4 is 0 Å². The van der Waals surface area contributed by atoms with Gasteiger partial charge in [-0.25, -0.2) is 9.31 Å². The van der Waals surface area contributed by atoms with Crippen molar-refractivity contribution < 1.29 is 9.53 Å². The monoisotopic (exact) mass is 302 g/mol. The maximum Gasteiger partial charge on any atom is 0.341 e. The molecule has 0 amide bonds. The Morgan fingerprint density at radius 3 is 3.06 bits per heavy atom. The van der Waals surface area contributed by atoms with Gasteiger partial charge in [0.1, 0.15) is 10.2 Å². The fourth-order valence-electron chi connectivity index (χ4n) is 1.35. The van der Waals surface area contributed by atoms with Crippen molar-refractivity contribution in [1.29, 1.82) is 0 Å². The summed E-state index contributed by atoms with van der Waals surface area (Å²) < 4.78 is 7.26. The molecule has 2 aromatic heterocycles. The molecule has 0 saturated heterocycles. The predicted octanol–water partition coefficient (Wildman–Crippen LogP) is 2.93. The molecule has 0 aliphatic rings. The quantitative estimate of drug-likeness (QED) is 0.801. The number of ether oxygens (including phenoxy) is 1. The molecule has 4 nitrogen and oxygen atoms in total. The summed E-state index contributed by atoms with van der Waals surface area (Å²) in [6, 6.07) is 3.59. The highest BCUT2D eigenvalue weighted by Crippen LogP contribution is 2.25. The topological polar surface area (TPSA) is 43.6 Å². The van der Waals surface area contributed by atoms with Crippen LogP contribution in [0.5, 0.6) is 0 Å². The molecule has 0 unspecified atom stereocenters. The van der Waals surface area contributed by atoms with E-state index in [0.29, 0.717) is 17.1 Å². The molecule has 0 spiro atoms. The number of hydrogen-bond acceptors (Lipinski definition) is 3. The van der Waals surface area contributed by atoms with Gasteiger partial charge in [0.05, 0.1) is 23.3 Å². The lowest BCUT2D eigenvalue weighted by Crippen LogP contribution is -2.07. The molecule has 0 bridgehead atoms. The summed E-state index contributed by atoms with van der Waals surface area (Å²) in [5.41, 5.74) is 0.945. The van der Waals surface area contributed by atoms with Crippen LogP contribution in [0.15, 0.2) is 22.9 Å². The highest BCUT2D eigenvalue weighted by Gasteiger charge is 2.16. The Hall–Kier alpha value is -1.07. The second-order valence-electron chi connectivity index (χ2n) is 3.05. The maximum atomic E-state index is 11.5. The van der Waals surface area contributed by atoms with Crippen LogP contribution in [-0.2, 0) is 4.74 Å². The largest absolute Gasteiger partial charge is 0.462 e. The molecule has 0 aromatic carbocycles. The third-order valence-corrected chi connectivity index (χ3v) is 3.07. The van der Waals surface area contributed by atoms with E-state index < -0.39 is 5.97 Å². The summed E-state index contributed by atoms with van der Waals surface area (Å²) in [4.78, 5) is 11.5. The second kappa shape index (κ2) is 4.43. The van der Waals surface area contributed by atoms with Crippen LogP contribution >= 0.6 is 27.5 Å². The van der Waals surface area contributed by atoms with Gasteiger partial charge in [-0.3, -0.25) is 0 Å². The van der Waals surface area contributed by atoms with Crippen LogP contribution in [0.25, 0.3) is 5.52 Å². The first-order valence-corrected chi connectivity index (χ1v) is 5.81. The van der Waals surface area contributed by atoms with Crippen molar-refractivity contribution in [2.45, 2.75) is 6.92 Å². The zero-order chi connectivity index (χ0) is 11.7. The van der Waals surface area contributed by atoms with Crippen LogP contribution in [0.2, 0.25) is 5.02 Å². The Kier molecular flexibility index (Phi) is 3.16. The van der Waals surface area contributed by atoms with Gasteiger partial charge in [-0.05, 0) is 35.0 Å². The number of fused-ring (bicyclic) bond motifs is 1. The van der Waals surface area contributed by atoms with Gasteiger partial charge in [0.15, 0.2) is 0 Å². The Labute approximate surface area is 105 Å². The van der Waals surface area contributed by atoms with Crippen LogP contribution in [0, 0.1) is 0 Å². The fraction of sp³-hybridized carbons (Fsp3) is 0.200. The number of halogens is 2. The van der Waals surface area contributed by atoms with E-state index in [9.17, 15) is 4.79 Å². The molecule has 2 rings (SSSR count). The number of rotatable bonds is 2. The highest BCUT2D eigenvalue weighted by atomic mass is 79.9. The van der Waals surface area contributed by atoms with Crippen LogP contribution in [-0.4, -0.2) is 22.2 Å². The van der Waals surface area contributed by atoms with Gasteiger partial charge in [-0.2, -0.15) is 5.10 Å². The zero-order valence-corrected chi connectivity index (χ0v) is 10.7. The summed E-state index contributed by atoms with van der Waals surface area (Å²) in [7, 11) is 0. The Morgan fingerprint density at radius 2 is 2.38 bits per heavy atom. The van der Waals surface area contributed by atoms with Crippen molar-refractivity contribution >= 4 is 39.0 Å². The van der Waals surface area contributed by atoms with Crippen molar-refractivity contribution in [2.75, 3.05) is 6.61 Å². The van der Waals surface area contributed by atoms with Gasteiger partial charge < -0.3 is 4.74 Å². The molecule has 0 N–H and O–H groups in total. The molecule has 0 aliphatic heterocycles. The van der Waals surface area contributed by atoms with Gasteiger partial charge in [0.2, 0.25) is 0 Å². The minimum Gasteiger partial charge on any atom is -0.462 e. The SMILES string of the molecule is CCOC(=O)c1cnn2c(Br)ccc2c1Cl. The normalized spacial score (nSPS) is 10.7. The summed E-state index contributed by atoms with van der Waals surface area (Å²) in [5, 5.41) is 4.44. The molecule has 84 valence electrons. The number of aromatic nitrogens is 2. The fourth-order valence-corrected chi connectivity index (χ4v) is 2.03. The first-order chi connectivity index (χ1) is 7.65. The van der Waals surface area contributed by atoms with E-state index in [4.69, 9.17) is 16.3 Å². The van der Waals surface area contributed by atoms with E-state index >= 15 is 0 Å². The van der Waals surface area contributed by atoms with Gasteiger partial charge in [0, 0.05) is 0 Å². The molecular weight excluding hydrogens is 295 g/mol.